The van der Waals surface area contributed by atoms with Crippen LogP contribution in [-0.2, 0) is 9.53 Å². The van der Waals surface area contributed by atoms with E-state index in [2.05, 4.69) is 22.7 Å². The van der Waals surface area contributed by atoms with Crippen molar-refractivity contribution >= 4 is 11.8 Å². The van der Waals surface area contributed by atoms with Crippen molar-refractivity contribution in [3.05, 3.63) is 41.5 Å². The Bertz CT molecular complexity index is 637. The molecule has 0 spiro atoms. The van der Waals surface area contributed by atoms with Crippen LogP contribution in [0.15, 0.2) is 40.9 Å². The SMILES string of the molecule is COC(=O)[C@H](O)COc1ccc(C(N)=NC2CCC=C(C)CC2)cc1. The van der Waals surface area contributed by atoms with Gasteiger partial charge < -0.3 is 20.3 Å². The standard InChI is InChI=1S/C19H26N2O4/c1-13-4-3-5-15(9-6-13)21-18(20)14-7-10-16(11-8-14)25-12-17(22)19(23)24-2/h4,7-8,10-11,15,17,22H,3,5-6,9,12H2,1-2H3,(H2,20,21)/t15?,17-/m1/s1. The van der Waals surface area contributed by atoms with Crippen molar-refractivity contribution in [1.29, 1.82) is 0 Å². The number of rotatable bonds is 6. The average Bonchev–Trinajstić information content (AvgIpc) is 2.83. The predicted molar refractivity (Wildman–Crippen MR) is 96.7 cm³/mol. The number of carbonyl (C=O) groups is 1. The molecule has 136 valence electrons. The number of esters is 1. The molecule has 0 amide bonds. The lowest BCUT2D eigenvalue weighted by Gasteiger charge is -2.12. The number of aliphatic hydroxyl groups excluding tert-OH is 1. The maximum absolute atomic E-state index is 11.1. The number of allylic oxidation sites excluding steroid dienone is 2. The van der Waals surface area contributed by atoms with Crippen LogP contribution in [0.4, 0.5) is 0 Å². The first-order valence-electron chi connectivity index (χ1n) is 8.47. The molecule has 0 aliphatic heterocycles. The number of aliphatic imine (C=N–C) groups is 1. The molecule has 25 heavy (non-hydrogen) atoms. The Morgan fingerprint density at radius 2 is 2.08 bits per heavy atom. The fourth-order valence-electron chi connectivity index (χ4n) is 2.66. The van der Waals surface area contributed by atoms with Gasteiger partial charge in [-0.05, 0) is 56.9 Å². The fourth-order valence-corrected chi connectivity index (χ4v) is 2.66. The van der Waals surface area contributed by atoms with E-state index in [-0.39, 0.29) is 12.6 Å². The lowest BCUT2D eigenvalue weighted by Crippen LogP contribution is -2.28. The van der Waals surface area contributed by atoms with Crippen LogP contribution in [0, 0.1) is 0 Å². The number of hydrogen-bond donors (Lipinski definition) is 2. The molecule has 1 aliphatic rings. The molecule has 0 radical (unpaired) electrons. The minimum Gasteiger partial charge on any atom is -0.490 e. The Hall–Kier alpha value is -2.34. The lowest BCUT2D eigenvalue weighted by atomic mass is 10.1. The van der Waals surface area contributed by atoms with Crippen molar-refractivity contribution in [1.82, 2.24) is 0 Å². The summed E-state index contributed by atoms with van der Waals surface area (Å²) in [7, 11) is 1.22. The fraction of sp³-hybridized carbons (Fsp3) is 0.474. The highest BCUT2D eigenvalue weighted by atomic mass is 16.5. The molecule has 1 aliphatic carbocycles. The molecule has 0 aromatic heterocycles. The van der Waals surface area contributed by atoms with Crippen LogP contribution in [0.2, 0.25) is 0 Å². The molecule has 0 saturated heterocycles. The van der Waals surface area contributed by atoms with E-state index in [1.54, 1.807) is 12.1 Å². The number of nitrogens with two attached hydrogens (primary N) is 1. The third kappa shape index (κ3) is 5.90. The summed E-state index contributed by atoms with van der Waals surface area (Å²) in [4.78, 5) is 15.8. The summed E-state index contributed by atoms with van der Waals surface area (Å²) < 4.78 is 9.80. The van der Waals surface area contributed by atoms with Gasteiger partial charge in [-0.15, -0.1) is 0 Å². The first-order valence-corrected chi connectivity index (χ1v) is 8.47. The Labute approximate surface area is 148 Å². The number of hydrogen-bond acceptors (Lipinski definition) is 5. The van der Waals surface area contributed by atoms with E-state index in [0.717, 1.165) is 31.2 Å². The number of methoxy groups -OCH3 is 1. The van der Waals surface area contributed by atoms with Crippen molar-refractivity contribution in [2.75, 3.05) is 13.7 Å². The van der Waals surface area contributed by atoms with E-state index in [9.17, 15) is 9.90 Å². The predicted octanol–water partition coefficient (Wildman–Crippen LogP) is 2.19. The Balaban J connectivity index is 1.92. The van der Waals surface area contributed by atoms with Crippen molar-refractivity contribution < 1.29 is 19.4 Å². The zero-order valence-corrected chi connectivity index (χ0v) is 14.8. The third-order valence-corrected chi connectivity index (χ3v) is 4.22. The molecule has 1 aromatic rings. The number of aliphatic hydroxyl groups is 1. The molecule has 0 fully saturated rings. The lowest BCUT2D eigenvalue weighted by molar-refractivity contribution is -0.151. The average molecular weight is 346 g/mol. The van der Waals surface area contributed by atoms with Crippen LogP contribution in [0.25, 0.3) is 0 Å². The topological polar surface area (TPSA) is 94.1 Å². The minimum atomic E-state index is -1.30. The van der Waals surface area contributed by atoms with Gasteiger partial charge in [-0.1, -0.05) is 11.6 Å². The first kappa shape index (κ1) is 19.0. The van der Waals surface area contributed by atoms with Crippen molar-refractivity contribution in [2.24, 2.45) is 10.7 Å². The highest BCUT2D eigenvalue weighted by Crippen LogP contribution is 2.20. The molecule has 0 bridgehead atoms. The van der Waals surface area contributed by atoms with Gasteiger partial charge in [0.1, 0.15) is 18.2 Å². The molecule has 1 unspecified atom stereocenters. The molecule has 0 heterocycles. The Morgan fingerprint density at radius 3 is 2.76 bits per heavy atom. The van der Waals surface area contributed by atoms with E-state index >= 15 is 0 Å². The van der Waals surface area contributed by atoms with Crippen LogP contribution in [0.3, 0.4) is 0 Å². The first-order chi connectivity index (χ1) is 12.0. The Kier molecular flexibility index (Phi) is 7.01. The number of ether oxygens (including phenoxy) is 2. The number of nitrogens with zero attached hydrogens (tertiary/aromatic N) is 1. The van der Waals surface area contributed by atoms with Crippen LogP contribution >= 0.6 is 0 Å². The summed E-state index contributed by atoms with van der Waals surface area (Å²) in [6.07, 6.45) is 5.13. The van der Waals surface area contributed by atoms with Gasteiger partial charge in [0.2, 0.25) is 0 Å². The molecular formula is C19H26N2O4. The molecule has 6 nitrogen and oxygen atoms in total. The highest BCUT2D eigenvalue weighted by Gasteiger charge is 2.16. The van der Waals surface area contributed by atoms with E-state index in [4.69, 9.17) is 10.5 Å². The summed E-state index contributed by atoms with van der Waals surface area (Å²) in [6.45, 7) is 2.00. The summed E-state index contributed by atoms with van der Waals surface area (Å²) in [5, 5.41) is 9.50. The van der Waals surface area contributed by atoms with Crippen LogP contribution in [0.5, 0.6) is 5.75 Å². The van der Waals surface area contributed by atoms with Gasteiger partial charge in [-0.25, -0.2) is 4.79 Å². The van der Waals surface area contributed by atoms with Crippen LogP contribution in [0.1, 0.15) is 38.2 Å². The van der Waals surface area contributed by atoms with Crippen LogP contribution < -0.4 is 10.5 Å². The molecule has 3 N–H and O–H groups in total. The zero-order valence-electron chi connectivity index (χ0n) is 14.8. The molecule has 2 atom stereocenters. The summed E-state index contributed by atoms with van der Waals surface area (Å²) in [6, 6.07) is 7.36. The van der Waals surface area contributed by atoms with Gasteiger partial charge >= 0.3 is 5.97 Å². The number of carbonyl (C=O) groups excluding carboxylic acids is 1. The monoisotopic (exact) mass is 346 g/mol. The van der Waals surface area contributed by atoms with Crippen molar-refractivity contribution in [3.8, 4) is 5.75 Å². The summed E-state index contributed by atoms with van der Waals surface area (Å²) in [5.41, 5.74) is 8.38. The van der Waals surface area contributed by atoms with Gasteiger partial charge in [-0.2, -0.15) is 0 Å². The molecule has 2 rings (SSSR count). The molecule has 6 heteroatoms. The third-order valence-electron chi connectivity index (χ3n) is 4.22. The van der Waals surface area contributed by atoms with E-state index in [0.29, 0.717) is 11.6 Å². The van der Waals surface area contributed by atoms with E-state index in [1.807, 2.05) is 12.1 Å². The maximum atomic E-state index is 11.1. The maximum Gasteiger partial charge on any atom is 0.338 e. The van der Waals surface area contributed by atoms with Gasteiger partial charge in [0.15, 0.2) is 6.10 Å². The summed E-state index contributed by atoms with van der Waals surface area (Å²) in [5.74, 6) is 0.334. The van der Waals surface area contributed by atoms with Crippen molar-refractivity contribution in [3.63, 3.8) is 0 Å². The van der Waals surface area contributed by atoms with Gasteiger partial charge in [-0.3, -0.25) is 4.99 Å². The quantitative estimate of drug-likeness (QED) is 0.356. The molecule has 0 saturated carbocycles. The van der Waals surface area contributed by atoms with Crippen LogP contribution in [-0.4, -0.2) is 42.8 Å². The Morgan fingerprint density at radius 1 is 1.36 bits per heavy atom. The van der Waals surface area contributed by atoms with Gasteiger partial charge in [0.25, 0.3) is 0 Å². The van der Waals surface area contributed by atoms with Gasteiger partial charge in [0, 0.05) is 5.56 Å². The van der Waals surface area contributed by atoms with E-state index in [1.165, 1.54) is 12.7 Å². The number of amidine groups is 1. The van der Waals surface area contributed by atoms with Gasteiger partial charge in [0.05, 0.1) is 13.2 Å². The molecular weight excluding hydrogens is 320 g/mol. The molecule has 1 aromatic carbocycles. The second-order valence-electron chi connectivity index (χ2n) is 6.21. The second kappa shape index (κ2) is 9.22. The summed E-state index contributed by atoms with van der Waals surface area (Å²) >= 11 is 0. The number of benzene rings is 1. The van der Waals surface area contributed by atoms with E-state index < -0.39 is 12.1 Å². The highest BCUT2D eigenvalue weighted by molar-refractivity contribution is 5.97. The minimum absolute atomic E-state index is 0.163. The zero-order chi connectivity index (χ0) is 18.2. The normalized spacial score (nSPS) is 19.6. The largest absolute Gasteiger partial charge is 0.490 e. The second-order valence-corrected chi connectivity index (χ2v) is 6.21. The van der Waals surface area contributed by atoms with Crippen molar-refractivity contribution in [2.45, 2.75) is 44.8 Å². The smallest absolute Gasteiger partial charge is 0.338 e.